The van der Waals surface area contributed by atoms with Crippen molar-refractivity contribution in [3.05, 3.63) is 5.89 Å². The van der Waals surface area contributed by atoms with Crippen LogP contribution in [0.3, 0.4) is 0 Å². The first kappa shape index (κ1) is 13.3. The molecule has 1 fully saturated rings. The van der Waals surface area contributed by atoms with Gasteiger partial charge in [0.15, 0.2) is 0 Å². The van der Waals surface area contributed by atoms with Crippen LogP contribution in [0.1, 0.15) is 45.9 Å². The maximum Gasteiger partial charge on any atom is 0.318 e. The Kier molecular flexibility index (Phi) is 4.58. The standard InChI is InChI=1S/C13H24N4O/c1-4-11-6-5-7-17(11)13-16-15-12(18-13)9-14-8-10(2)3/h10-11,14H,4-9H2,1-3H3. The second kappa shape index (κ2) is 6.18. The molecule has 0 spiro atoms. The third-order valence-electron chi connectivity index (χ3n) is 3.38. The molecule has 0 aromatic carbocycles. The normalized spacial score (nSPS) is 20.0. The van der Waals surface area contributed by atoms with E-state index in [1.165, 1.54) is 12.8 Å². The summed E-state index contributed by atoms with van der Waals surface area (Å²) < 4.78 is 5.72. The van der Waals surface area contributed by atoms with Crippen molar-refractivity contribution in [2.24, 2.45) is 5.92 Å². The summed E-state index contributed by atoms with van der Waals surface area (Å²) in [5, 5.41) is 11.6. The number of aromatic nitrogens is 2. The largest absolute Gasteiger partial charge is 0.407 e. The lowest BCUT2D eigenvalue weighted by Gasteiger charge is -2.20. The lowest BCUT2D eigenvalue weighted by molar-refractivity contribution is 0.442. The molecular formula is C13H24N4O. The zero-order valence-electron chi connectivity index (χ0n) is 11.6. The van der Waals surface area contributed by atoms with Crippen molar-refractivity contribution in [1.82, 2.24) is 15.5 Å². The molecule has 1 unspecified atom stereocenters. The van der Waals surface area contributed by atoms with Gasteiger partial charge in [-0.1, -0.05) is 25.9 Å². The number of anilines is 1. The zero-order valence-corrected chi connectivity index (χ0v) is 11.6. The molecule has 0 amide bonds. The Morgan fingerprint density at radius 3 is 3.00 bits per heavy atom. The molecule has 0 saturated carbocycles. The molecule has 1 aliphatic heterocycles. The molecule has 2 heterocycles. The Hall–Kier alpha value is -1.10. The van der Waals surface area contributed by atoms with Crippen LogP contribution in [0.2, 0.25) is 0 Å². The predicted molar refractivity (Wildman–Crippen MR) is 71.5 cm³/mol. The van der Waals surface area contributed by atoms with Crippen molar-refractivity contribution < 1.29 is 4.42 Å². The Morgan fingerprint density at radius 2 is 2.28 bits per heavy atom. The zero-order chi connectivity index (χ0) is 13.0. The number of nitrogens with zero attached hydrogens (tertiary/aromatic N) is 3. The predicted octanol–water partition coefficient (Wildman–Crippen LogP) is 2.19. The molecule has 1 aromatic rings. The monoisotopic (exact) mass is 252 g/mol. The van der Waals surface area contributed by atoms with Crippen molar-refractivity contribution >= 4 is 6.01 Å². The highest BCUT2D eigenvalue weighted by Crippen LogP contribution is 2.25. The van der Waals surface area contributed by atoms with Crippen LogP contribution in [0.15, 0.2) is 4.42 Å². The van der Waals surface area contributed by atoms with Crippen LogP contribution in [0.4, 0.5) is 6.01 Å². The molecule has 1 atom stereocenters. The summed E-state index contributed by atoms with van der Waals surface area (Å²) in [7, 11) is 0. The fraction of sp³-hybridized carbons (Fsp3) is 0.846. The summed E-state index contributed by atoms with van der Waals surface area (Å²) in [4.78, 5) is 2.25. The van der Waals surface area contributed by atoms with Gasteiger partial charge in [-0.3, -0.25) is 0 Å². The molecule has 2 rings (SSSR count). The van der Waals surface area contributed by atoms with Gasteiger partial charge in [-0.15, -0.1) is 5.10 Å². The highest BCUT2D eigenvalue weighted by Gasteiger charge is 2.27. The van der Waals surface area contributed by atoms with E-state index in [0.29, 0.717) is 30.4 Å². The van der Waals surface area contributed by atoms with Crippen LogP contribution in [-0.2, 0) is 6.54 Å². The van der Waals surface area contributed by atoms with E-state index in [1.807, 2.05) is 0 Å². The lowest BCUT2D eigenvalue weighted by atomic mass is 10.2. The molecule has 0 bridgehead atoms. The third-order valence-corrected chi connectivity index (χ3v) is 3.38. The molecule has 102 valence electrons. The molecule has 1 aromatic heterocycles. The maximum atomic E-state index is 5.72. The summed E-state index contributed by atoms with van der Waals surface area (Å²) in [6.07, 6.45) is 3.60. The van der Waals surface area contributed by atoms with Gasteiger partial charge in [0.05, 0.1) is 6.54 Å². The summed E-state index contributed by atoms with van der Waals surface area (Å²) in [6.45, 7) is 9.25. The molecule has 5 heteroatoms. The lowest BCUT2D eigenvalue weighted by Crippen LogP contribution is -2.28. The smallest absolute Gasteiger partial charge is 0.318 e. The molecule has 18 heavy (non-hydrogen) atoms. The summed E-state index contributed by atoms with van der Waals surface area (Å²) in [6, 6.07) is 1.27. The molecular weight excluding hydrogens is 228 g/mol. The summed E-state index contributed by atoms with van der Waals surface area (Å²) in [5.41, 5.74) is 0. The van der Waals surface area contributed by atoms with Crippen molar-refractivity contribution in [2.45, 2.75) is 52.6 Å². The first-order chi connectivity index (χ1) is 8.70. The minimum absolute atomic E-state index is 0.571. The first-order valence-electron chi connectivity index (χ1n) is 7.00. The molecule has 1 saturated heterocycles. The second-order valence-electron chi connectivity index (χ2n) is 5.40. The Balaban J connectivity index is 1.89. The van der Waals surface area contributed by atoms with Crippen LogP contribution >= 0.6 is 0 Å². The number of nitrogens with one attached hydrogen (secondary N) is 1. The molecule has 1 N–H and O–H groups in total. The Bertz CT molecular complexity index is 364. The number of hydrogen-bond donors (Lipinski definition) is 1. The summed E-state index contributed by atoms with van der Waals surface area (Å²) in [5.74, 6) is 1.32. The van der Waals surface area contributed by atoms with Crippen LogP contribution in [0.5, 0.6) is 0 Å². The quantitative estimate of drug-likeness (QED) is 0.841. The Morgan fingerprint density at radius 1 is 1.44 bits per heavy atom. The van der Waals surface area contributed by atoms with Gasteiger partial charge < -0.3 is 14.6 Å². The molecule has 0 radical (unpaired) electrons. The fourth-order valence-corrected chi connectivity index (χ4v) is 2.41. The minimum Gasteiger partial charge on any atom is -0.407 e. The minimum atomic E-state index is 0.571. The highest BCUT2D eigenvalue weighted by atomic mass is 16.4. The summed E-state index contributed by atoms with van der Waals surface area (Å²) >= 11 is 0. The van der Waals surface area contributed by atoms with Crippen LogP contribution in [-0.4, -0.2) is 29.3 Å². The fourth-order valence-electron chi connectivity index (χ4n) is 2.41. The van der Waals surface area contributed by atoms with E-state index in [-0.39, 0.29) is 0 Å². The van der Waals surface area contributed by atoms with E-state index in [0.717, 1.165) is 19.5 Å². The SMILES string of the molecule is CCC1CCCN1c1nnc(CNCC(C)C)o1. The average molecular weight is 252 g/mol. The number of hydrogen-bond acceptors (Lipinski definition) is 5. The van der Waals surface area contributed by atoms with Crippen LogP contribution in [0.25, 0.3) is 0 Å². The van der Waals surface area contributed by atoms with Gasteiger partial charge >= 0.3 is 6.01 Å². The van der Waals surface area contributed by atoms with Gasteiger partial charge in [-0.25, -0.2) is 0 Å². The van der Waals surface area contributed by atoms with E-state index in [4.69, 9.17) is 4.42 Å². The molecule has 5 nitrogen and oxygen atoms in total. The topological polar surface area (TPSA) is 54.2 Å². The highest BCUT2D eigenvalue weighted by molar-refractivity contribution is 5.28. The van der Waals surface area contributed by atoms with Crippen LogP contribution < -0.4 is 10.2 Å². The van der Waals surface area contributed by atoms with Crippen molar-refractivity contribution in [3.63, 3.8) is 0 Å². The molecule has 1 aliphatic rings. The Labute approximate surface area is 109 Å². The van der Waals surface area contributed by atoms with Crippen molar-refractivity contribution in [3.8, 4) is 0 Å². The van der Waals surface area contributed by atoms with E-state index in [9.17, 15) is 0 Å². The first-order valence-corrected chi connectivity index (χ1v) is 7.00. The van der Waals surface area contributed by atoms with Gasteiger partial charge in [-0.05, 0) is 31.7 Å². The van der Waals surface area contributed by atoms with Crippen LogP contribution in [0, 0.1) is 5.92 Å². The van der Waals surface area contributed by atoms with Gasteiger partial charge in [0.25, 0.3) is 0 Å². The maximum absolute atomic E-state index is 5.72. The molecule has 0 aliphatic carbocycles. The third kappa shape index (κ3) is 3.22. The van der Waals surface area contributed by atoms with Gasteiger partial charge in [0.2, 0.25) is 5.89 Å². The van der Waals surface area contributed by atoms with Crippen molar-refractivity contribution in [1.29, 1.82) is 0 Å². The van der Waals surface area contributed by atoms with E-state index in [2.05, 4.69) is 41.2 Å². The second-order valence-corrected chi connectivity index (χ2v) is 5.40. The number of rotatable bonds is 6. The van der Waals surface area contributed by atoms with Gasteiger partial charge in [0, 0.05) is 12.6 Å². The van der Waals surface area contributed by atoms with Crippen molar-refractivity contribution in [2.75, 3.05) is 18.0 Å². The average Bonchev–Trinajstić information content (AvgIpc) is 2.95. The van der Waals surface area contributed by atoms with E-state index >= 15 is 0 Å². The van der Waals surface area contributed by atoms with E-state index < -0.39 is 0 Å². The van der Waals surface area contributed by atoms with E-state index in [1.54, 1.807) is 0 Å². The van der Waals surface area contributed by atoms with Gasteiger partial charge in [-0.2, -0.15) is 0 Å². The van der Waals surface area contributed by atoms with Gasteiger partial charge in [0.1, 0.15) is 0 Å².